The van der Waals surface area contributed by atoms with Crippen LogP contribution in [-0.2, 0) is 14.8 Å². The number of piperidine rings is 1. The standard InChI is InChI=1S/C25H36N4O3S/c1-17-5-7-20(8-6-17)23-27-24(30)25(28-23)10-12-29(13-11-25)33(31,32)14-9-22-18(2)15-21(26-4)16-19(22)3/h9,14-17,20,26H,5-8,10-13H2,1-4H3,(H,27,28,30)/b14-9+. The van der Waals surface area contributed by atoms with E-state index < -0.39 is 15.6 Å². The maximum absolute atomic E-state index is 13.0. The van der Waals surface area contributed by atoms with Crippen LogP contribution >= 0.6 is 0 Å². The molecular weight excluding hydrogens is 436 g/mol. The zero-order valence-electron chi connectivity index (χ0n) is 20.1. The number of sulfonamides is 1. The first kappa shape index (κ1) is 24.0. The summed E-state index contributed by atoms with van der Waals surface area (Å²) in [5, 5.41) is 7.46. The number of benzene rings is 1. The van der Waals surface area contributed by atoms with E-state index in [9.17, 15) is 13.2 Å². The van der Waals surface area contributed by atoms with E-state index in [1.807, 2.05) is 33.0 Å². The number of aliphatic imine (C=N–C) groups is 1. The summed E-state index contributed by atoms with van der Waals surface area (Å²) in [6.45, 7) is 6.83. The Labute approximate surface area is 197 Å². The quantitative estimate of drug-likeness (QED) is 0.681. The Morgan fingerprint density at radius 1 is 1.12 bits per heavy atom. The van der Waals surface area contributed by atoms with Gasteiger partial charge < -0.3 is 10.6 Å². The van der Waals surface area contributed by atoms with Crippen LogP contribution in [0, 0.1) is 25.7 Å². The molecule has 8 heteroatoms. The number of anilines is 1. The van der Waals surface area contributed by atoms with Crippen molar-refractivity contribution in [2.45, 2.75) is 64.8 Å². The predicted molar refractivity (Wildman–Crippen MR) is 134 cm³/mol. The molecule has 0 atom stereocenters. The number of hydrogen-bond donors (Lipinski definition) is 2. The van der Waals surface area contributed by atoms with Crippen molar-refractivity contribution >= 4 is 33.5 Å². The Balaban J connectivity index is 1.44. The Morgan fingerprint density at radius 2 is 1.73 bits per heavy atom. The zero-order chi connectivity index (χ0) is 23.8. The van der Waals surface area contributed by atoms with Gasteiger partial charge in [0, 0.05) is 37.2 Å². The number of rotatable bonds is 5. The lowest BCUT2D eigenvalue weighted by atomic mass is 9.82. The molecule has 2 aliphatic heterocycles. The number of amides is 1. The minimum absolute atomic E-state index is 0.0559. The second-order valence-corrected chi connectivity index (χ2v) is 11.8. The molecule has 2 N–H and O–H groups in total. The Kier molecular flexibility index (Phi) is 6.69. The minimum Gasteiger partial charge on any atom is -0.388 e. The highest BCUT2D eigenvalue weighted by molar-refractivity contribution is 7.92. The topological polar surface area (TPSA) is 90.9 Å². The fourth-order valence-electron chi connectivity index (χ4n) is 5.34. The van der Waals surface area contributed by atoms with Crippen LogP contribution in [0.3, 0.4) is 0 Å². The SMILES string of the molecule is CNc1cc(C)c(/C=C/S(=O)(=O)N2CCC3(CC2)N=C(C2CCC(C)CC2)NC3=O)c(C)c1. The van der Waals surface area contributed by atoms with Gasteiger partial charge in [0.25, 0.3) is 5.91 Å². The van der Waals surface area contributed by atoms with Crippen molar-refractivity contribution in [3.05, 3.63) is 34.2 Å². The van der Waals surface area contributed by atoms with Gasteiger partial charge in [-0.25, -0.2) is 8.42 Å². The van der Waals surface area contributed by atoms with Gasteiger partial charge in [-0.2, -0.15) is 4.31 Å². The molecule has 1 aromatic carbocycles. The van der Waals surface area contributed by atoms with Crippen molar-refractivity contribution in [1.29, 1.82) is 0 Å². The third-order valence-corrected chi connectivity index (χ3v) is 9.16. The van der Waals surface area contributed by atoms with Crippen molar-refractivity contribution in [3.63, 3.8) is 0 Å². The van der Waals surface area contributed by atoms with Gasteiger partial charge in [-0.3, -0.25) is 9.79 Å². The van der Waals surface area contributed by atoms with E-state index >= 15 is 0 Å². The maximum Gasteiger partial charge on any atom is 0.253 e. The first-order valence-corrected chi connectivity index (χ1v) is 13.5. The summed E-state index contributed by atoms with van der Waals surface area (Å²) in [4.78, 5) is 17.7. The molecule has 2 heterocycles. The first-order valence-electron chi connectivity index (χ1n) is 12.0. The lowest BCUT2D eigenvalue weighted by Gasteiger charge is -2.34. The number of nitrogens with one attached hydrogen (secondary N) is 2. The summed E-state index contributed by atoms with van der Waals surface area (Å²) < 4.78 is 27.5. The average Bonchev–Trinajstić information content (AvgIpc) is 3.09. The van der Waals surface area contributed by atoms with E-state index in [-0.39, 0.29) is 5.91 Å². The summed E-state index contributed by atoms with van der Waals surface area (Å²) in [6, 6.07) is 4.01. The highest BCUT2D eigenvalue weighted by Crippen LogP contribution is 2.36. The zero-order valence-corrected chi connectivity index (χ0v) is 21.0. The highest BCUT2D eigenvalue weighted by atomic mass is 32.2. The van der Waals surface area contributed by atoms with Crippen LogP contribution in [0.4, 0.5) is 5.69 Å². The monoisotopic (exact) mass is 472 g/mol. The fraction of sp³-hybridized carbons (Fsp3) is 0.600. The number of carbonyl (C=O) groups is 1. The van der Waals surface area contributed by atoms with Gasteiger partial charge in [-0.15, -0.1) is 0 Å². The van der Waals surface area contributed by atoms with E-state index in [4.69, 9.17) is 4.99 Å². The highest BCUT2D eigenvalue weighted by Gasteiger charge is 2.48. The second-order valence-electron chi connectivity index (χ2n) is 9.96. The molecule has 3 aliphatic rings. The van der Waals surface area contributed by atoms with Crippen LogP contribution in [0.1, 0.15) is 62.1 Å². The molecule has 1 saturated heterocycles. The lowest BCUT2D eigenvalue weighted by molar-refractivity contribution is -0.124. The summed E-state index contributed by atoms with van der Waals surface area (Å²) in [6.07, 6.45) is 7.00. The maximum atomic E-state index is 13.0. The van der Waals surface area contributed by atoms with Crippen molar-refractivity contribution < 1.29 is 13.2 Å². The number of hydrogen-bond acceptors (Lipinski definition) is 5. The normalized spacial score (nSPS) is 25.9. The molecule has 0 bridgehead atoms. The van der Waals surface area contributed by atoms with Crippen molar-refractivity contribution in [2.24, 2.45) is 16.8 Å². The largest absolute Gasteiger partial charge is 0.388 e. The molecule has 0 radical (unpaired) electrons. The third-order valence-electron chi connectivity index (χ3n) is 7.60. The fourth-order valence-corrected chi connectivity index (χ4v) is 6.51. The number of aryl methyl sites for hydroxylation is 2. The Hall–Kier alpha value is -2.19. The molecule has 1 saturated carbocycles. The molecule has 7 nitrogen and oxygen atoms in total. The molecule has 1 spiro atoms. The van der Waals surface area contributed by atoms with E-state index in [2.05, 4.69) is 17.6 Å². The van der Waals surface area contributed by atoms with Gasteiger partial charge in [0.05, 0.1) is 0 Å². The van der Waals surface area contributed by atoms with Crippen LogP contribution in [0.15, 0.2) is 22.5 Å². The van der Waals surface area contributed by atoms with E-state index in [0.29, 0.717) is 31.8 Å². The van der Waals surface area contributed by atoms with Crippen LogP contribution < -0.4 is 10.6 Å². The van der Waals surface area contributed by atoms with Gasteiger partial charge in [0.15, 0.2) is 0 Å². The molecule has 2 fully saturated rings. The molecule has 1 aliphatic carbocycles. The number of amidine groups is 1. The van der Waals surface area contributed by atoms with E-state index in [1.54, 1.807) is 6.08 Å². The van der Waals surface area contributed by atoms with Crippen LogP contribution in [0.5, 0.6) is 0 Å². The molecule has 1 aromatic rings. The summed E-state index contributed by atoms with van der Waals surface area (Å²) in [5.74, 6) is 1.84. The molecule has 0 aromatic heterocycles. The molecule has 180 valence electrons. The van der Waals surface area contributed by atoms with Crippen LogP contribution in [0.2, 0.25) is 0 Å². The van der Waals surface area contributed by atoms with E-state index in [1.165, 1.54) is 22.6 Å². The summed E-state index contributed by atoms with van der Waals surface area (Å²) in [5.41, 5.74) is 3.15. The van der Waals surface area contributed by atoms with Crippen molar-refractivity contribution in [3.8, 4) is 0 Å². The average molecular weight is 473 g/mol. The van der Waals surface area contributed by atoms with Gasteiger partial charge in [-0.1, -0.05) is 19.8 Å². The second kappa shape index (κ2) is 9.22. The molecule has 33 heavy (non-hydrogen) atoms. The number of carbonyl (C=O) groups excluding carboxylic acids is 1. The van der Waals surface area contributed by atoms with Crippen LogP contribution in [-0.4, -0.2) is 50.1 Å². The van der Waals surface area contributed by atoms with Crippen molar-refractivity contribution in [1.82, 2.24) is 9.62 Å². The summed E-state index contributed by atoms with van der Waals surface area (Å²) >= 11 is 0. The third kappa shape index (κ3) is 4.87. The molecular formula is C25H36N4O3S. The minimum atomic E-state index is -3.58. The van der Waals surface area contributed by atoms with Gasteiger partial charge in [0.2, 0.25) is 10.0 Å². The Morgan fingerprint density at radius 3 is 2.30 bits per heavy atom. The lowest BCUT2D eigenvalue weighted by Crippen LogP contribution is -2.50. The smallest absolute Gasteiger partial charge is 0.253 e. The Bertz CT molecular complexity index is 1050. The van der Waals surface area contributed by atoms with E-state index in [0.717, 1.165) is 47.0 Å². The first-order chi connectivity index (χ1) is 15.6. The molecule has 1 amide bonds. The van der Waals surface area contributed by atoms with Gasteiger partial charge >= 0.3 is 0 Å². The van der Waals surface area contributed by atoms with Crippen molar-refractivity contribution in [2.75, 3.05) is 25.5 Å². The predicted octanol–water partition coefficient (Wildman–Crippen LogP) is 3.83. The molecule has 0 unspecified atom stereocenters. The summed E-state index contributed by atoms with van der Waals surface area (Å²) in [7, 11) is -1.71. The van der Waals surface area contributed by atoms with Crippen LogP contribution in [0.25, 0.3) is 6.08 Å². The van der Waals surface area contributed by atoms with Gasteiger partial charge in [-0.05, 0) is 80.3 Å². The van der Waals surface area contributed by atoms with Gasteiger partial charge in [0.1, 0.15) is 11.4 Å². The molecule has 4 rings (SSSR count). The number of nitrogens with zero attached hydrogens (tertiary/aromatic N) is 2.